The Morgan fingerprint density at radius 3 is 3.08 bits per heavy atom. The molecule has 7 nitrogen and oxygen atoms in total. The number of aromatic nitrogens is 2. The predicted molar refractivity (Wildman–Crippen MR) is 88.7 cm³/mol. The molecule has 1 aromatic heterocycles. The van der Waals surface area contributed by atoms with Crippen LogP contribution in [-0.2, 0) is 6.54 Å². The molecule has 4 rings (SSSR count). The van der Waals surface area contributed by atoms with Crippen LogP contribution in [0.4, 0.5) is 10.5 Å². The number of carbonyl (C=O) groups excluding carboxylic acids is 2. The molecule has 2 N–H and O–H groups in total. The standard InChI is InChI=1S/C17H19N5O2/c1-10-7-14(15-18-5-6-22(10)15)19-16(23)11-3-4-13-12(8-11)9-21(2)17(24)20-13/h3-6,8,10,14H,7,9H2,1-2H3,(H,19,23)(H,20,24). The summed E-state index contributed by atoms with van der Waals surface area (Å²) in [4.78, 5) is 30.2. The Labute approximate surface area is 139 Å². The van der Waals surface area contributed by atoms with Gasteiger partial charge >= 0.3 is 6.03 Å². The van der Waals surface area contributed by atoms with Crippen molar-refractivity contribution in [2.45, 2.75) is 32.0 Å². The third kappa shape index (κ3) is 2.33. The van der Waals surface area contributed by atoms with Gasteiger partial charge in [0.1, 0.15) is 5.82 Å². The van der Waals surface area contributed by atoms with Gasteiger partial charge in [-0.3, -0.25) is 4.79 Å². The van der Waals surface area contributed by atoms with Crippen LogP contribution in [-0.4, -0.2) is 33.4 Å². The van der Waals surface area contributed by atoms with Crippen molar-refractivity contribution in [1.29, 1.82) is 0 Å². The lowest BCUT2D eigenvalue weighted by molar-refractivity contribution is 0.0935. The SMILES string of the molecule is CC1CC(NC(=O)c2ccc3c(c2)CN(C)C(=O)N3)c2nccn21. The highest BCUT2D eigenvalue weighted by molar-refractivity contribution is 5.97. The van der Waals surface area contributed by atoms with Gasteiger partial charge in [-0.05, 0) is 37.1 Å². The molecule has 124 valence electrons. The van der Waals surface area contributed by atoms with Gasteiger partial charge in [-0.2, -0.15) is 0 Å². The number of rotatable bonds is 2. The Morgan fingerprint density at radius 2 is 2.25 bits per heavy atom. The first-order valence-electron chi connectivity index (χ1n) is 8.01. The van der Waals surface area contributed by atoms with E-state index in [-0.39, 0.29) is 18.0 Å². The summed E-state index contributed by atoms with van der Waals surface area (Å²) in [7, 11) is 1.73. The van der Waals surface area contributed by atoms with Crippen LogP contribution in [0.25, 0.3) is 0 Å². The summed E-state index contributed by atoms with van der Waals surface area (Å²) in [5.41, 5.74) is 2.29. The summed E-state index contributed by atoms with van der Waals surface area (Å²) in [5.74, 6) is 0.784. The van der Waals surface area contributed by atoms with E-state index in [9.17, 15) is 9.59 Å². The van der Waals surface area contributed by atoms with E-state index in [0.717, 1.165) is 23.5 Å². The average Bonchev–Trinajstić information content (AvgIpc) is 3.13. The van der Waals surface area contributed by atoms with Gasteiger partial charge in [0, 0.05) is 43.3 Å². The molecule has 2 aliphatic heterocycles. The molecular weight excluding hydrogens is 306 g/mol. The number of nitrogens with one attached hydrogen (secondary N) is 2. The number of fused-ring (bicyclic) bond motifs is 2. The number of anilines is 1. The smallest absolute Gasteiger partial charge is 0.321 e. The van der Waals surface area contributed by atoms with Crippen molar-refractivity contribution in [3.05, 3.63) is 47.5 Å². The molecule has 1 aromatic carbocycles. The molecule has 3 amide bonds. The van der Waals surface area contributed by atoms with E-state index >= 15 is 0 Å². The summed E-state index contributed by atoms with van der Waals surface area (Å²) in [6.07, 6.45) is 4.56. The highest BCUT2D eigenvalue weighted by Gasteiger charge is 2.30. The lowest BCUT2D eigenvalue weighted by Crippen LogP contribution is -2.35. The highest BCUT2D eigenvalue weighted by atomic mass is 16.2. The van der Waals surface area contributed by atoms with Crippen LogP contribution in [0.3, 0.4) is 0 Å². The van der Waals surface area contributed by atoms with E-state index in [2.05, 4.69) is 27.1 Å². The van der Waals surface area contributed by atoms with E-state index < -0.39 is 0 Å². The van der Waals surface area contributed by atoms with Gasteiger partial charge in [0.2, 0.25) is 0 Å². The minimum atomic E-state index is -0.133. The molecule has 0 bridgehead atoms. The van der Waals surface area contributed by atoms with E-state index in [1.54, 1.807) is 30.3 Å². The number of carbonyl (C=O) groups is 2. The van der Waals surface area contributed by atoms with Gasteiger partial charge in [-0.25, -0.2) is 9.78 Å². The Morgan fingerprint density at radius 1 is 1.42 bits per heavy atom. The first-order chi connectivity index (χ1) is 11.5. The lowest BCUT2D eigenvalue weighted by Gasteiger charge is -2.26. The van der Waals surface area contributed by atoms with Gasteiger partial charge in [0.25, 0.3) is 5.91 Å². The second-order valence-corrected chi connectivity index (χ2v) is 6.46. The minimum Gasteiger partial charge on any atom is -0.342 e. The molecule has 2 aromatic rings. The molecule has 7 heteroatoms. The van der Waals surface area contributed by atoms with Crippen molar-refractivity contribution in [1.82, 2.24) is 19.8 Å². The molecule has 3 heterocycles. The number of hydrogen-bond acceptors (Lipinski definition) is 3. The van der Waals surface area contributed by atoms with Gasteiger partial charge in [-0.15, -0.1) is 0 Å². The van der Waals surface area contributed by atoms with Gasteiger partial charge in [-0.1, -0.05) is 0 Å². The first-order valence-corrected chi connectivity index (χ1v) is 8.01. The number of imidazole rings is 1. The van der Waals surface area contributed by atoms with Crippen molar-refractivity contribution in [3.63, 3.8) is 0 Å². The normalized spacial score (nSPS) is 21.9. The zero-order chi connectivity index (χ0) is 16.8. The summed E-state index contributed by atoms with van der Waals surface area (Å²) in [6, 6.07) is 5.50. The molecule has 24 heavy (non-hydrogen) atoms. The third-order valence-electron chi connectivity index (χ3n) is 4.73. The minimum absolute atomic E-state index is 0.0686. The Hall–Kier alpha value is -2.83. The molecule has 2 aliphatic rings. The van der Waals surface area contributed by atoms with Crippen LogP contribution >= 0.6 is 0 Å². The Balaban J connectivity index is 1.54. The van der Waals surface area contributed by atoms with Crippen LogP contribution in [0, 0.1) is 0 Å². The van der Waals surface area contributed by atoms with E-state index in [1.165, 1.54) is 0 Å². The summed E-state index contributed by atoms with van der Waals surface area (Å²) < 4.78 is 2.10. The fourth-order valence-corrected chi connectivity index (χ4v) is 3.42. The molecule has 0 aliphatic carbocycles. The largest absolute Gasteiger partial charge is 0.342 e. The van der Waals surface area contributed by atoms with Crippen molar-refractivity contribution < 1.29 is 9.59 Å². The van der Waals surface area contributed by atoms with Crippen molar-refractivity contribution in [2.75, 3.05) is 12.4 Å². The summed E-state index contributed by atoms with van der Waals surface area (Å²) in [6.45, 7) is 2.61. The zero-order valence-electron chi connectivity index (χ0n) is 13.6. The molecule has 0 radical (unpaired) electrons. The molecular formula is C17H19N5O2. The lowest BCUT2D eigenvalue weighted by atomic mass is 10.1. The second-order valence-electron chi connectivity index (χ2n) is 6.46. The second kappa shape index (κ2) is 5.36. The maximum absolute atomic E-state index is 12.6. The number of urea groups is 1. The quantitative estimate of drug-likeness (QED) is 0.889. The maximum atomic E-state index is 12.6. The molecule has 2 unspecified atom stereocenters. The van der Waals surface area contributed by atoms with Crippen molar-refractivity contribution >= 4 is 17.6 Å². The monoisotopic (exact) mass is 325 g/mol. The summed E-state index contributed by atoms with van der Waals surface area (Å²) in [5, 5.41) is 5.88. The highest BCUT2D eigenvalue weighted by Crippen LogP contribution is 2.33. The number of benzene rings is 1. The number of hydrogen-bond donors (Lipinski definition) is 2. The average molecular weight is 325 g/mol. The molecule has 0 saturated carbocycles. The van der Waals surface area contributed by atoms with Gasteiger partial charge in [0.15, 0.2) is 0 Å². The van der Waals surface area contributed by atoms with Crippen LogP contribution < -0.4 is 10.6 Å². The topological polar surface area (TPSA) is 79.3 Å². The Bertz CT molecular complexity index is 828. The first kappa shape index (κ1) is 14.7. The number of amides is 3. The third-order valence-corrected chi connectivity index (χ3v) is 4.73. The Kier molecular flexibility index (Phi) is 3.30. The summed E-state index contributed by atoms with van der Waals surface area (Å²) >= 11 is 0. The number of nitrogens with zero attached hydrogens (tertiary/aromatic N) is 3. The van der Waals surface area contributed by atoms with E-state index in [1.807, 2.05) is 12.3 Å². The van der Waals surface area contributed by atoms with Crippen molar-refractivity contribution in [3.8, 4) is 0 Å². The van der Waals surface area contributed by atoms with Crippen LogP contribution in [0.1, 0.15) is 47.2 Å². The van der Waals surface area contributed by atoms with E-state index in [4.69, 9.17) is 0 Å². The van der Waals surface area contributed by atoms with Crippen LogP contribution in [0.5, 0.6) is 0 Å². The molecule has 0 fully saturated rings. The van der Waals surface area contributed by atoms with Gasteiger partial charge < -0.3 is 20.1 Å². The van der Waals surface area contributed by atoms with Crippen LogP contribution in [0.15, 0.2) is 30.6 Å². The molecule has 0 saturated heterocycles. The van der Waals surface area contributed by atoms with Gasteiger partial charge in [0.05, 0.1) is 6.04 Å². The van der Waals surface area contributed by atoms with Crippen molar-refractivity contribution in [2.24, 2.45) is 0 Å². The zero-order valence-corrected chi connectivity index (χ0v) is 13.6. The fraction of sp³-hybridized carbons (Fsp3) is 0.353. The fourth-order valence-electron chi connectivity index (χ4n) is 3.42. The van der Waals surface area contributed by atoms with E-state index in [0.29, 0.717) is 18.2 Å². The maximum Gasteiger partial charge on any atom is 0.321 e. The molecule has 0 spiro atoms. The predicted octanol–water partition coefficient (Wildman–Crippen LogP) is 2.30. The van der Waals surface area contributed by atoms with Crippen LogP contribution in [0.2, 0.25) is 0 Å². The molecule has 2 atom stereocenters.